The van der Waals surface area contributed by atoms with Crippen molar-refractivity contribution < 1.29 is 32.0 Å². The lowest BCUT2D eigenvalue weighted by molar-refractivity contribution is -0.138. The van der Waals surface area contributed by atoms with Gasteiger partial charge in [0.05, 0.1) is 5.56 Å². The summed E-state index contributed by atoms with van der Waals surface area (Å²) in [4.78, 5) is 12.3. The number of carbonyl (C=O) groups is 1. The number of Topliss-reactive ketones (excluding diaryl/α,β-unsaturated/α-hetero) is 1. The summed E-state index contributed by atoms with van der Waals surface area (Å²) in [6, 6.07) is 6.89. The van der Waals surface area contributed by atoms with Crippen LogP contribution in [0, 0.1) is 5.82 Å². The summed E-state index contributed by atoms with van der Waals surface area (Å²) >= 11 is 0. The standard InChI is InChI=1S/C17H13BF4O3/c19-12-3-4-13(14(9-12)17(20,21)22)16(23)8-10-1-2-11-5-6-25-18(24)15(11)7-10/h1-4,7,9,24H,5-6,8H2. The first kappa shape index (κ1) is 17.6. The zero-order valence-electron chi connectivity index (χ0n) is 12.9. The van der Waals surface area contributed by atoms with Crippen molar-refractivity contribution in [2.45, 2.75) is 19.0 Å². The van der Waals surface area contributed by atoms with Crippen LogP contribution in [0.3, 0.4) is 0 Å². The molecule has 25 heavy (non-hydrogen) atoms. The number of benzene rings is 2. The lowest BCUT2D eigenvalue weighted by Gasteiger charge is -2.19. The van der Waals surface area contributed by atoms with Crippen molar-refractivity contribution in [2.24, 2.45) is 0 Å². The third-order valence-corrected chi connectivity index (χ3v) is 4.08. The van der Waals surface area contributed by atoms with Gasteiger partial charge in [0.1, 0.15) is 5.82 Å². The molecule has 0 unspecified atom stereocenters. The number of hydrogen-bond donors (Lipinski definition) is 1. The van der Waals surface area contributed by atoms with Gasteiger partial charge in [0.2, 0.25) is 0 Å². The van der Waals surface area contributed by atoms with Gasteiger partial charge in [0.15, 0.2) is 5.78 Å². The maximum Gasteiger partial charge on any atom is 0.491 e. The monoisotopic (exact) mass is 352 g/mol. The Morgan fingerprint density at radius 1 is 1.20 bits per heavy atom. The van der Waals surface area contributed by atoms with E-state index in [1.807, 2.05) is 0 Å². The number of ketones is 1. The quantitative estimate of drug-likeness (QED) is 0.525. The number of halogens is 4. The molecule has 0 saturated carbocycles. The fraction of sp³-hybridized carbons (Fsp3) is 0.235. The van der Waals surface area contributed by atoms with Crippen molar-refractivity contribution in [3.05, 3.63) is 64.5 Å². The van der Waals surface area contributed by atoms with Crippen LogP contribution in [0.1, 0.15) is 27.0 Å². The van der Waals surface area contributed by atoms with E-state index in [-0.39, 0.29) is 6.42 Å². The van der Waals surface area contributed by atoms with E-state index in [0.29, 0.717) is 30.1 Å². The van der Waals surface area contributed by atoms with Crippen LogP contribution in [0.25, 0.3) is 0 Å². The molecule has 0 radical (unpaired) electrons. The van der Waals surface area contributed by atoms with E-state index in [1.54, 1.807) is 18.2 Å². The molecule has 1 aliphatic heterocycles. The largest absolute Gasteiger partial charge is 0.491 e. The van der Waals surface area contributed by atoms with Gasteiger partial charge in [0, 0.05) is 18.6 Å². The van der Waals surface area contributed by atoms with Crippen molar-refractivity contribution in [1.29, 1.82) is 0 Å². The third kappa shape index (κ3) is 3.75. The molecule has 3 nitrogen and oxygen atoms in total. The van der Waals surface area contributed by atoms with Crippen LogP contribution in [-0.2, 0) is 23.7 Å². The number of alkyl halides is 3. The minimum Gasteiger partial charge on any atom is -0.423 e. The highest BCUT2D eigenvalue weighted by Crippen LogP contribution is 2.33. The van der Waals surface area contributed by atoms with Gasteiger partial charge in [-0.25, -0.2) is 4.39 Å². The van der Waals surface area contributed by atoms with Gasteiger partial charge in [-0.2, -0.15) is 13.2 Å². The van der Waals surface area contributed by atoms with Crippen molar-refractivity contribution in [3.63, 3.8) is 0 Å². The molecule has 2 aromatic rings. The summed E-state index contributed by atoms with van der Waals surface area (Å²) in [5.41, 5.74) is -0.0487. The Balaban J connectivity index is 1.90. The molecule has 0 saturated heterocycles. The molecule has 0 aromatic heterocycles. The van der Waals surface area contributed by atoms with Crippen LogP contribution in [0.5, 0.6) is 0 Å². The highest BCUT2D eigenvalue weighted by atomic mass is 19.4. The SMILES string of the molecule is O=C(Cc1ccc2c(c1)B(O)OCC2)c1ccc(F)cc1C(F)(F)F. The first-order valence-electron chi connectivity index (χ1n) is 7.57. The molecule has 0 amide bonds. The van der Waals surface area contributed by atoms with Gasteiger partial charge in [-0.1, -0.05) is 18.2 Å². The van der Waals surface area contributed by atoms with Crippen molar-refractivity contribution in [2.75, 3.05) is 6.61 Å². The normalized spacial score (nSPS) is 14.4. The van der Waals surface area contributed by atoms with E-state index >= 15 is 0 Å². The van der Waals surface area contributed by atoms with Crippen molar-refractivity contribution in [1.82, 2.24) is 0 Å². The predicted molar refractivity (Wildman–Crippen MR) is 83.1 cm³/mol. The average molecular weight is 352 g/mol. The second-order valence-electron chi connectivity index (χ2n) is 5.79. The van der Waals surface area contributed by atoms with Crippen molar-refractivity contribution >= 4 is 18.4 Å². The maximum atomic E-state index is 13.1. The molecule has 1 N–H and O–H groups in total. The molecule has 0 atom stereocenters. The van der Waals surface area contributed by atoms with Crippen LogP contribution in [-0.4, -0.2) is 24.5 Å². The highest BCUT2D eigenvalue weighted by molar-refractivity contribution is 6.60. The molecular formula is C17H13BF4O3. The molecule has 0 spiro atoms. The summed E-state index contributed by atoms with van der Waals surface area (Å²) in [7, 11) is -1.12. The molecule has 0 bridgehead atoms. The van der Waals surface area contributed by atoms with Gasteiger partial charge in [0.25, 0.3) is 0 Å². The fourth-order valence-corrected chi connectivity index (χ4v) is 2.86. The summed E-state index contributed by atoms with van der Waals surface area (Å²) in [5.74, 6) is -1.84. The number of rotatable bonds is 3. The van der Waals surface area contributed by atoms with Gasteiger partial charge in [-0.3, -0.25) is 4.79 Å². The Morgan fingerprint density at radius 3 is 2.68 bits per heavy atom. The van der Waals surface area contributed by atoms with Gasteiger partial charge < -0.3 is 9.68 Å². The summed E-state index contributed by atoms with van der Waals surface area (Å²) < 4.78 is 57.4. The second kappa shape index (κ2) is 6.61. The van der Waals surface area contributed by atoms with E-state index in [1.165, 1.54) is 0 Å². The van der Waals surface area contributed by atoms with E-state index < -0.39 is 36.0 Å². The molecule has 1 heterocycles. The fourth-order valence-electron chi connectivity index (χ4n) is 2.86. The van der Waals surface area contributed by atoms with E-state index in [4.69, 9.17) is 4.65 Å². The Hall–Kier alpha value is -2.19. The summed E-state index contributed by atoms with van der Waals surface area (Å²) in [6.07, 6.45) is -4.52. The molecular weight excluding hydrogens is 339 g/mol. The van der Waals surface area contributed by atoms with Crippen LogP contribution in [0.2, 0.25) is 0 Å². The average Bonchev–Trinajstić information content (AvgIpc) is 2.54. The predicted octanol–water partition coefficient (Wildman–Crippen LogP) is 2.53. The van der Waals surface area contributed by atoms with E-state index in [9.17, 15) is 27.4 Å². The molecule has 0 fully saturated rings. The third-order valence-electron chi connectivity index (χ3n) is 4.08. The highest BCUT2D eigenvalue weighted by Gasteiger charge is 2.35. The first-order valence-corrected chi connectivity index (χ1v) is 7.57. The summed E-state index contributed by atoms with van der Waals surface area (Å²) in [5, 5.41) is 9.82. The van der Waals surface area contributed by atoms with Crippen LogP contribution in [0.4, 0.5) is 17.6 Å². The Bertz CT molecular complexity index is 820. The number of fused-ring (bicyclic) bond motifs is 1. The Kier molecular flexibility index (Phi) is 4.66. The van der Waals surface area contributed by atoms with E-state index in [0.717, 1.165) is 17.7 Å². The smallest absolute Gasteiger partial charge is 0.423 e. The van der Waals surface area contributed by atoms with Crippen LogP contribution >= 0.6 is 0 Å². The lowest BCUT2D eigenvalue weighted by atomic mass is 9.72. The molecule has 0 aliphatic carbocycles. The zero-order chi connectivity index (χ0) is 18.2. The molecule has 2 aromatic carbocycles. The molecule has 130 valence electrons. The Morgan fingerprint density at radius 2 is 1.96 bits per heavy atom. The Labute approximate surface area is 141 Å². The van der Waals surface area contributed by atoms with Crippen molar-refractivity contribution in [3.8, 4) is 0 Å². The topological polar surface area (TPSA) is 46.5 Å². The van der Waals surface area contributed by atoms with E-state index in [2.05, 4.69) is 0 Å². The summed E-state index contributed by atoms with van der Waals surface area (Å²) in [6.45, 7) is 0.372. The van der Waals surface area contributed by atoms with Gasteiger partial charge in [-0.05, 0) is 41.2 Å². The van der Waals surface area contributed by atoms with Gasteiger partial charge >= 0.3 is 13.3 Å². The second-order valence-corrected chi connectivity index (χ2v) is 5.79. The number of carbonyl (C=O) groups excluding carboxylic acids is 1. The molecule has 3 rings (SSSR count). The minimum atomic E-state index is -4.83. The van der Waals surface area contributed by atoms with Crippen LogP contribution < -0.4 is 5.46 Å². The molecule has 8 heteroatoms. The number of hydrogen-bond acceptors (Lipinski definition) is 3. The first-order chi connectivity index (χ1) is 11.8. The zero-order valence-corrected chi connectivity index (χ0v) is 12.9. The maximum absolute atomic E-state index is 13.1. The lowest BCUT2D eigenvalue weighted by Crippen LogP contribution is -2.41. The molecule has 1 aliphatic rings. The van der Waals surface area contributed by atoms with Crippen LogP contribution in [0.15, 0.2) is 36.4 Å². The van der Waals surface area contributed by atoms with Gasteiger partial charge in [-0.15, -0.1) is 0 Å². The minimum absolute atomic E-state index is 0.297.